The topological polar surface area (TPSA) is 149 Å². The Morgan fingerprint density at radius 3 is 2.84 bits per heavy atom. The number of carbonyl (C=O) groups is 2. The second-order valence-corrected chi connectivity index (χ2v) is 7.59. The van der Waals surface area contributed by atoms with E-state index in [2.05, 4.69) is 9.97 Å². The number of amides is 1. The highest BCUT2D eigenvalue weighted by Crippen LogP contribution is 2.20. The van der Waals surface area contributed by atoms with Crippen LogP contribution in [0.5, 0.6) is 5.75 Å². The van der Waals surface area contributed by atoms with E-state index in [1.807, 2.05) is 4.90 Å². The van der Waals surface area contributed by atoms with E-state index in [-0.39, 0.29) is 47.4 Å². The second kappa shape index (κ2) is 8.60. The summed E-state index contributed by atoms with van der Waals surface area (Å²) in [7, 11) is 0. The fourth-order valence-electron chi connectivity index (χ4n) is 3.71. The molecule has 1 amide bonds. The summed E-state index contributed by atoms with van der Waals surface area (Å²) in [6.45, 7) is 0.964. The van der Waals surface area contributed by atoms with Crippen LogP contribution in [0.4, 0.5) is 5.95 Å². The van der Waals surface area contributed by atoms with Gasteiger partial charge in [-0.2, -0.15) is 0 Å². The number of piperidine rings is 1. The van der Waals surface area contributed by atoms with Crippen LogP contribution in [0, 0.1) is 0 Å². The Morgan fingerprint density at radius 2 is 2.06 bits per heavy atom. The number of hydrogen-bond acceptors (Lipinski definition) is 7. The average molecular weight is 424 g/mol. The van der Waals surface area contributed by atoms with Crippen molar-refractivity contribution < 1.29 is 14.3 Å². The molecule has 1 aromatic carbocycles. The van der Waals surface area contributed by atoms with Crippen LogP contribution in [0.2, 0.25) is 0 Å². The number of rotatable bonds is 7. The zero-order chi connectivity index (χ0) is 22.0. The van der Waals surface area contributed by atoms with E-state index in [0.717, 1.165) is 19.4 Å². The Hall–Kier alpha value is -3.66. The van der Waals surface area contributed by atoms with Crippen molar-refractivity contribution in [3.05, 3.63) is 52.4 Å². The van der Waals surface area contributed by atoms with Gasteiger partial charge in [0, 0.05) is 25.3 Å². The van der Waals surface area contributed by atoms with Crippen molar-refractivity contribution >= 4 is 28.7 Å². The predicted octanol–water partition coefficient (Wildman–Crippen LogP) is 0.399. The highest BCUT2D eigenvalue weighted by molar-refractivity contribution is 5.98. The largest absolute Gasteiger partial charge is 0.483 e. The smallest absolute Gasteiger partial charge is 0.279 e. The summed E-state index contributed by atoms with van der Waals surface area (Å²) >= 11 is 0. The summed E-state index contributed by atoms with van der Waals surface area (Å²) in [6, 6.07) is 8.32. The first-order valence-corrected chi connectivity index (χ1v) is 10.1. The van der Waals surface area contributed by atoms with Gasteiger partial charge in [0.25, 0.3) is 11.5 Å². The van der Waals surface area contributed by atoms with Gasteiger partial charge in [0.15, 0.2) is 17.9 Å². The molecule has 0 aliphatic carbocycles. The minimum absolute atomic E-state index is 0.0769. The van der Waals surface area contributed by atoms with Gasteiger partial charge >= 0.3 is 0 Å². The number of H-pyrrole nitrogens is 1. The molecular weight excluding hydrogens is 400 g/mol. The molecular formula is C21H24N6O4. The number of ketones is 1. The van der Waals surface area contributed by atoms with Crippen molar-refractivity contribution in [2.75, 3.05) is 24.6 Å². The lowest BCUT2D eigenvalue weighted by molar-refractivity contribution is -0.119. The molecule has 0 radical (unpaired) electrons. The maximum atomic E-state index is 12.9. The molecule has 1 atom stereocenters. The van der Waals surface area contributed by atoms with Crippen LogP contribution < -0.4 is 26.7 Å². The SMILES string of the molecule is NC(=O)COc1ccccc1C(=O)Cn1ccc2[nH]c(N3CCCC(N)C3)nc2c1=O. The summed E-state index contributed by atoms with van der Waals surface area (Å²) in [5, 5.41) is 0. The van der Waals surface area contributed by atoms with Crippen molar-refractivity contribution in [2.24, 2.45) is 11.5 Å². The molecule has 2 aromatic heterocycles. The van der Waals surface area contributed by atoms with E-state index in [9.17, 15) is 14.4 Å². The Bertz CT molecular complexity index is 1180. The molecule has 1 fully saturated rings. The Morgan fingerprint density at radius 1 is 1.26 bits per heavy atom. The standard InChI is InChI=1S/C21H24N6O4/c22-13-4-3-8-27(10-13)21-24-15-7-9-26(20(30)19(15)25-21)11-16(28)14-5-1-2-6-17(14)31-12-18(23)29/h1-2,5-7,9,13H,3-4,8,10-12,22H2,(H2,23,29)(H,24,25). The number of nitrogens with one attached hydrogen (secondary N) is 1. The van der Waals surface area contributed by atoms with E-state index < -0.39 is 5.91 Å². The van der Waals surface area contributed by atoms with Gasteiger partial charge < -0.3 is 30.7 Å². The molecule has 1 saturated heterocycles. The zero-order valence-corrected chi connectivity index (χ0v) is 16.9. The fourth-order valence-corrected chi connectivity index (χ4v) is 3.71. The van der Waals surface area contributed by atoms with Crippen molar-refractivity contribution in [3.8, 4) is 5.75 Å². The predicted molar refractivity (Wildman–Crippen MR) is 115 cm³/mol. The second-order valence-electron chi connectivity index (χ2n) is 7.59. The van der Waals surface area contributed by atoms with Crippen LogP contribution in [0.15, 0.2) is 41.3 Å². The van der Waals surface area contributed by atoms with Gasteiger partial charge in [-0.05, 0) is 31.0 Å². The molecule has 5 N–H and O–H groups in total. The molecule has 10 nitrogen and oxygen atoms in total. The first-order chi connectivity index (χ1) is 14.9. The molecule has 0 bridgehead atoms. The normalized spacial score (nSPS) is 16.4. The third-order valence-electron chi connectivity index (χ3n) is 5.23. The van der Waals surface area contributed by atoms with Crippen LogP contribution in [0.1, 0.15) is 23.2 Å². The maximum absolute atomic E-state index is 12.9. The highest BCUT2D eigenvalue weighted by atomic mass is 16.5. The van der Waals surface area contributed by atoms with E-state index >= 15 is 0 Å². The molecule has 0 spiro atoms. The highest BCUT2D eigenvalue weighted by Gasteiger charge is 2.21. The number of Topliss-reactive ketones (excluding diaryl/α,β-unsaturated/α-hetero) is 1. The van der Waals surface area contributed by atoms with Crippen molar-refractivity contribution in [1.82, 2.24) is 14.5 Å². The number of imidazole rings is 1. The first kappa shape index (κ1) is 20.6. The molecule has 3 aromatic rings. The number of ether oxygens (including phenoxy) is 1. The summed E-state index contributed by atoms with van der Waals surface area (Å²) in [4.78, 5) is 46.5. The molecule has 31 heavy (non-hydrogen) atoms. The average Bonchev–Trinajstić information content (AvgIpc) is 3.20. The van der Waals surface area contributed by atoms with Gasteiger partial charge in [-0.1, -0.05) is 12.1 Å². The number of anilines is 1. The number of aromatic nitrogens is 3. The van der Waals surface area contributed by atoms with Crippen molar-refractivity contribution in [3.63, 3.8) is 0 Å². The van der Waals surface area contributed by atoms with E-state index in [1.165, 1.54) is 4.57 Å². The minimum atomic E-state index is -0.645. The minimum Gasteiger partial charge on any atom is -0.483 e. The van der Waals surface area contributed by atoms with Crippen molar-refractivity contribution in [1.29, 1.82) is 0 Å². The van der Waals surface area contributed by atoms with Gasteiger partial charge in [-0.25, -0.2) is 4.98 Å². The van der Waals surface area contributed by atoms with E-state index in [4.69, 9.17) is 16.2 Å². The number of primary amides is 1. The number of aromatic amines is 1. The number of nitrogens with zero attached hydrogens (tertiary/aromatic N) is 3. The summed E-state index contributed by atoms with van der Waals surface area (Å²) < 4.78 is 6.63. The number of hydrogen-bond donors (Lipinski definition) is 3. The number of pyridine rings is 1. The summed E-state index contributed by atoms with van der Waals surface area (Å²) in [6.07, 6.45) is 3.49. The monoisotopic (exact) mass is 424 g/mol. The number of fused-ring (bicyclic) bond motifs is 1. The van der Waals surface area contributed by atoms with Gasteiger partial charge in [-0.15, -0.1) is 0 Å². The maximum Gasteiger partial charge on any atom is 0.279 e. The van der Waals surface area contributed by atoms with Crippen LogP contribution >= 0.6 is 0 Å². The van der Waals surface area contributed by atoms with Crippen LogP contribution in [0.3, 0.4) is 0 Å². The molecule has 162 valence electrons. The van der Waals surface area contributed by atoms with Gasteiger partial charge in [0.1, 0.15) is 5.75 Å². The third-order valence-corrected chi connectivity index (χ3v) is 5.23. The number of nitrogens with two attached hydrogens (primary N) is 2. The molecule has 4 rings (SSSR count). The molecule has 1 aliphatic heterocycles. The Labute approximate surface area is 177 Å². The number of benzene rings is 1. The third kappa shape index (κ3) is 4.43. The summed E-state index contributed by atoms with van der Waals surface area (Å²) in [5.41, 5.74) is 11.9. The van der Waals surface area contributed by atoms with E-state index in [0.29, 0.717) is 18.0 Å². The van der Waals surface area contributed by atoms with Crippen LogP contribution in [-0.2, 0) is 11.3 Å². The molecule has 10 heteroatoms. The van der Waals surface area contributed by atoms with E-state index in [1.54, 1.807) is 36.5 Å². The lowest BCUT2D eigenvalue weighted by atomic mass is 10.1. The quantitative estimate of drug-likeness (QED) is 0.465. The Kier molecular flexibility index (Phi) is 5.72. The van der Waals surface area contributed by atoms with Crippen LogP contribution in [0.25, 0.3) is 11.0 Å². The number of carbonyl (C=O) groups excluding carboxylic acids is 2. The van der Waals surface area contributed by atoms with Gasteiger partial charge in [-0.3, -0.25) is 14.4 Å². The van der Waals surface area contributed by atoms with Gasteiger partial charge in [0.2, 0.25) is 5.95 Å². The van der Waals surface area contributed by atoms with Gasteiger partial charge in [0.05, 0.1) is 17.6 Å². The molecule has 1 aliphatic rings. The molecule has 0 saturated carbocycles. The molecule has 1 unspecified atom stereocenters. The Balaban J connectivity index is 1.58. The lowest BCUT2D eigenvalue weighted by Gasteiger charge is -2.30. The first-order valence-electron chi connectivity index (χ1n) is 10.1. The summed E-state index contributed by atoms with van der Waals surface area (Å²) in [5.74, 6) is -0.132. The van der Waals surface area contributed by atoms with Crippen LogP contribution in [-0.4, -0.2) is 52.0 Å². The number of para-hydroxylation sites is 1. The van der Waals surface area contributed by atoms with Crippen molar-refractivity contribution in [2.45, 2.75) is 25.4 Å². The lowest BCUT2D eigenvalue weighted by Crippen LogP contribution is -2.43. The fraction of sp³-hybridized carbons (Fsp3) is 0.333. The zero-order valence-electron chi connectivity index (χ0n) is 16.9. The molecule has 3 heterocycles.